The average molecular weight is 1280 g/mol. The number of nitrogens with one attached hydrogen (secondary N) is 3. The Labute approximate surface area is 531 Å². The van der Waals surface area contributed by atoms with Gasteiger partial charge in [-0.3, -0.25) is 42.7 Å². The van der Waals surface area contributed by atoms with Gasteiger partial charge in [-0.1, -0.05) is 10.3 Å². The molecule has 0 aliphatic carbocycles. The van der Waals surface area contributed by atoms with E-state index in [-0.39, 0.29) is 112 Å². The minimum Gasteiger partial charge on any atom is -0.454 e. The first-order valence-electron chi connectivity index (χ1n) is 32.8. The van der Waals surface area contributed by atoms with Crippen molar-refractivity contribution in [3.8, 4) is 0 Å². The van der Waals surface area contributed by atoms with Gasteiger partial charge in [0.25, 0.3) is 11.1 Å². The Bertz CT molecular complexity index is 3680. The number of likely N-dealkylation sites (tertiary alicyclic amines) is 2. The molecule has 0 bridgehead atoms. The molecule has 4 aromatic heterocycles. The Morgan fingerprint density at radius 2 is 1.12 bits per heavy atom. The fraction of sp³-hybridized carbons (Fsp3) is 0.591. The maximum atomic E-state index is 13.9. The highest BCUT2D eigenvalue weighted by atomic mass is 19.1. The number of fused-ring (bicyclic) bond motifs is 4. The number of halogens is 2. The molecule has 4 aliphatic rings. The van der Waals surface area contributed by atoms with Gasteiger partial charge in [-0.15, -0.1) is 0 Å². The van der Waals surface area contributed by atoms with Crippen LogP contribution < -0.4 is 27.1 Å². The molecule has 4 N–H and O–H groups in total. The molecular weight excluding hydrogens is 1190 g/mol. The Kier molecular flexibility index (Phi) is 23.5. The van der Waals surface area contributed by atoms with E-state index in [1.165, 1.54) is 24.3 Å². The molecule has 2 saturated heterocycles. The molecule has 24 nitrogen and oxygen atoms in total. The van der Waals surface area contributed by atoms with Crippen LogP contribution in [0, 0.1) is 25.5 Å². The van der Waals surface area contributed by atoms with E-state index >= 15 is 0 Å². The van der Waals surface area contributed by atoms with Crippen molar-refractivity contribution in [1.82, 2.24) is 55.2 Å². The van der Waals surface area contributed by atoms with Gasteiger partial charge < -0.3 is 54.1 Å². The summed E-state index contributed by atoms with van der Waals surface area (Å²) >= 11 is 0. The molecule has 4 aliphatic heterocycles. The molecule has 3 amide bonds. The molecule has 0 radical (unpaired) electrons. The van der Waals surface area contributed by atoms with Crippen LogP contribution in [-0.4, -0.2) is 152 Å². The number of benzene rings is 2. The summed E-state index contributed by atoms with van der Waals surface area (Å²) in [4.78, 5) is 108. The summed E-state index contributed by atoms with van der Waals surface area (Å²) in [5.74, 6) is -1.66. The number of carbonyl (C=O) groups is 5. The van der Waals surface area contributed by atoms with Gasteiger partial charge in [0, 0.05) is 122 Å². The Morgan fingerprint density at radius 3 is 1.62 bits per heavy atom. The quantitative estimate of drug-likeness (QED) is 0.0276. The third-order valence-electron chi connectivity index (χ3n) is 18.3. The van der Waals surface area contributed by atoms with Crippen LogP contribution in [0.1, 0.15) is 179 Å². The number of piperidine rings is 2. The SMILES string of the molecule is Cc1nc2n(c(=O)c1CCN1CCC(c3noc4cc(F)ccc34)CC1)CCCC2OC(=O)CCCC(=O)NCCCCC(NC(=O)CCCC(=O)OC1CCCn2c1nc(C)c(CCN1CCC(c3noc4cc(F)ccc34)CC1)c2=O)C(=O)NCCOCCO. The highest BCUT2D eigenvalue weighted by Crippen LogP contribution is 2.35. The molecule has 3 atom stereocenters. The topological polar surface area (TPSA) is 298 Å². The normalized spacial score (nSPS) is 17.7. The maximum Gasteiger partial charge on any atom is 0.306 e. The van der Waals surface area contributed by atoms with Crippen LogP contribution in [-0.2, 0) is 64.1 Å². The van der Waals surface area contributed by atoms with Crippen LogP contribution in [0.25, 0.3) is 21.9 Å². The van der Waals surface area contributed by atoms with Crippen molar-refractivity contribution in [2.75, 3.05) is 72.2 Å². The molecule has 0 saturated carbocycles. The summed E-state index contributed by atoms with van der Waals surface area (Å²) in [6, 6.07) is 8.07. The number of nitrogens with zero attached hydrogens (tertiary/aromatic N) is 8. The van der Waals surface area contributed by atoms with Crippen LogP contribution in [0.5, 0.6) is 0 Å². The summed E-state index contributed by atoms with van der Waals surface area (Å²) in [5.41, 5.74) is 4.80. The van der Waals surface area contributed by atoms with Gasteiger partial charge in [0.2, 0.25) is 17.7 Å². The number of aryl methyl sites for hydroxylation is 2. The zero-order chi connectivity index (χ0) is 64.7. The highest BCUT2D eigenvalue weighted by Gasteiger charge is 2.33. The minimum atomic E-state index is -0.918. The zero-order valence-corrected chi connectivity index (χ0v) is 52.7. The zero-order valence-electron chi connectivity index (χ0n) is 52.7. The number of amides is 3. The predicted octanol–water partition coefficient (Wildman–Crippen LogP) is 6.52. The highest BCUT2D eigenvalue weighted by molar-refractivity contribution is 5.88. The van der Waals surface area contributed by atoms with Crippen molar-refractivity contribution >= 4 is 51.6 Å². The summed E-state index contributed by atoms with van der Waals surface area (Å²) < 4.78 is 58.5. The van der Waals surface area contributed by atoms with Crippen molar-refractivity contribution in [3.05, 3.63) is 114 Å². The molecule has 496 valence electrons. The first-order chi connectivity index (χ1) is 44.6. The van der Waals surface area contributed by atoms with E-state index in [4.69, 9.17) is 38.3 Å². The fourth-order valence-corrected chi connectivity index (χ4v) is 13.2. The minimum absolute atomic E-state index is 0.00674. The summed E-state index contributed by atoms with van der Waals surface area (Å²) in [7, 11) is 0. The van der Waals surface area contributed by atoms with Crippen LogP contribution in [0.4, 0.5) is 8.78 Å². The number of carbonyl (C=O) groups excluding carboxylic acids is 5. The van der Waals surface area contributed by atoms with Crippen LogP contribution >= 0.6 is 0 Å². The lowest BCUT2D eigenvalue weighted by atomic mass is 9.91. The number of esters is 2. The number of aliphatic hydroxyl groups is 1. The molecule has 2 aromatic carbocycles. The lowest BCUT2D eigenvalue weighted by Crippen LogP contribution is -2.47. The monoisotopic (exact) mass is 1280 g/mol. The van der Waals surface area contributed by atoms with Crippen molar-refractivity contribution in [1.29, 1.82) is 0 Å². The molecule has 10 rings (SSSR count). The van der Waals surface area contributed by atoms with Gasteiger partial charge in [0.1, 0.15) is 17.7 Å². The summed E-state index contributed by atoms with van der Waals surface area (Å²) in [6.07, 6.45) is 6.83. The number of hydrogen-bond donors (Lipinski definition) is 4. The van der Waals surface area contributed by atoms with Crippen LogP contribution in [0.2, 0.25) is 0 Å². The molecule has 26 heteroatoms. The largest absolute Gasteiger partial charge is 0.454 e. The third-order valence-corrected chi connectivity index (χ3v) is 18.3. The standard InChI is InChI=1S/C66H85F2N11O13/c1-41-47(24-34-76-30-20-43(21-31-76)60-49-18-16-45(67)39-54(49)91-74-60)65(86)78-28-7-10-52(62(78)71-41)89-58(83)14-5-12-56(81)69-26-4-3-9-51(64(85)70-27-37-88-38-36-80)73-57(82)13-6-15-59(84)90-53-11-8-29-79-63(53)72-42(2)48(66(79)87)25-35-77-32-22-44(23-33-77)61-50-19-17-46(68)40-55(50)92-75-61/h16-19,39-40,43-44,51-53,80H,3-15,20-38H2,1-2H3,(H,69,81)(H,70,85)(H,73,82). The van der Waals surface area contributed by atoms with Crippen molar-refractivity contribution < 1.29 is 61.1 Å². The molecule has 3 unspecified atom stereocenters. The van der Waals surface area contributed by atoms with Crippen molar-refractivity contribution in [3.63, 3.8) is 0 Å². The lowest BCUT2D eigenvalue weighted by Gasteiger charge is -2.31. The maximum absolute atomic E-state index is 13.9. The van der Waals surface area contributed by atoms with Gasteiger partial charge in [0.15, 0.2) is 35.0 Å². The lowest BCUT2D eigenvalue weighted by molar-refractivity contribution is -0.152. The summed E-state index contributed by atoms with van der Waals surface area (Å²) in [5, 5.41) is 27.7. The van der Waals surface area contributed by atoms with E-state index in [0.717, 1.165) is 74.0 Å². The van der Waals surface area contributed by atoms with E-state index in [0.29, 0.717) is 129 Å². The second-order valence-electron chi connectivity index (χ2n) is 24.7. The fourth-order valence-electron chi connectivity index (χ4n) is 13.2. The number of aliphatic hydroxyl groups excluding tert-OH is 1. The van der Waals surface area contributed by atoms with E-state index < -0.39 is 42.0 Å². The number of hydrogen-bond acceptors (Lipinski definition) is 19. The molecular formula is C66H85F2N11O13. The molecule has 92 heavy (non-hydrogen) atoms. The second kappa shape index (κ2) is 32.2. The number of rotatable bonds is 30. The van der Waals surface area contributed by atoms with Crippen LogP contribution in [0.15, 0.2) is 55.0 Å². The van der Waals surface area contributed by atoms with Crippen molar-refractivity contribution in [2.45, 2.75) is 179 Å². The van der Waals surface area contributed by atoms with Gasteiger partial charge in [-0.05, 0) is 161 Å². The van der Waals surface area contributed by atoms with Crippen LogP contribution in [0.3, 0.4) is 0 Å². The smallest absolute Gasteiger partial charge is 0.306 e. The van der Waals surface area contributed by atoms with E-state index in [1.807, 2.05) is 6.92 Å². The Hall–Kier alpha value is -7.81. The van der Waals surface area contributed by atoms with E-state index in [1.54, 1.807) is 28.2 Å². The van der Waals surface area contributed by atoms with Gasteiger partial charge >= 0.3 is 11.9 Å². The Balaban J connectivity index is 0.611. The number of unbranched alkanes of at least 4 members (excludes halogenated alkanes) is 1. The van der Waals surface area contributed by atoms with Gasteiger partial charge in [-0.25, -0.2) is 18.7 Å². The van der Waals surface area contributed by atoms with Gasteiger partial charge in [-0.2, -0.15) is 0 Å². The second-order valence-corrected chi connectivity index (χ2v) is 24.7. The molecule has 0 spiro atoms. The molecule has 6 aromatic rings. The Morgan fingerprint density at radius 1 is 0.620 bits per heavy atom. The molecule has 2 fully saturated rings. The number of ether oxygens (including phenoxy) is 3. The van der Waals surface area contributed by atoms with E-state index in [9.17, 15) is 42.3 Å². The van der Waals surface area contributed by atoms with Crippen molar-refractivity contribution in [2.24, 2.45) is 0 Å². The molecule has 8 heterocycles. The first kappa shape index (κ1) is 67.1. The predicted molar refractivity (Wildman–Crippen MR) is 332 cm³/mol. The number of aromatic nitrogens is 6. The summed E-state index contributed by atoms with van der Waals surface area (Å²) in [6.45, 7) is 9.68. The van der Waals surface area contributed by atoms with E-state index in [2.05, 4.69) is 36.1 Å². The third kappa shape index (κ3) is 17.3. The average Bonchev–Trinajstić information content (AvgIpc) is 1.01. The van der Waals surface area contributed by atoms with Gasteiger partial charge in [0.05, 0.1) is 31.2 Å². The first-order valence-corrected chi connectivity index (χ1v) is 32.8.